The summed E-state index contributed by atoms with van der Waals surface area (Å²) in [5.74, 6) is 0.145. The molecule has 0 spiro atoms. The van der Waals surface area contributed by atoms with Crippen molar-refractivity contribution < 1.29 is 24.2 Å². The molecule has 1 atom stereocenters. The number of aryl methyl sites for hydroxylation is 1. The Hall–Kier alpha value is -4.84. The summed E-state index contributed by atoms with van der Waals surface area (Å²) in [5, 5.41) is 11.6. The van der Waals surface area contributed by atoms with Crippen LogP contribution in [0.1, 0.15) is 59.2 Å². The van der Waals surface area contributed by atoms with Gasteiger partial charge in [0, 0.05) is 12.1 Å². The number of amides is 1. The minimum atomic E-state index is -0.748. The number of ketones is 1. The largest absolute Gasteiger partial charge is 0.507 e. The van der Waals surface area contributed by atoms with Crippen LogP contribution in [0.25, 0.3) is 5.76 Å². The molecule has 1 N–H and O–H groups in total. The van der Waals surface area contributed by atoms with Crippen LogP contribution < -0.4 is 9.47 Å². The number of aliphatic hydroxyl groups excluding tert-OH is 1. The van der Waals surface area contributed by atoms with Gasteiger partial charge in [0.25, 0.3) is 11.7 Å². The molecule has 1 aliphatic rings. The van der Waals surface area contributed by atoms with E-state index in [-0.39, 0.29) is 17.9 Å². The number of methoxy groups -OCH3 is 1. The third-order valence-corrected chi connectivity index (χ3v) is 7.66. The maximum Gasteiger partial charge on any atom is 0.295 e. The highest BCUT2D eigenvalue weighted by Crippen LogP contribution is 2.41. The lowest BCUT2D eigenvalue weighted by Gasteiger charge is -2.26. The summed E-state index contributed by atoms with van der Waals surface area (Å²) in [7, 11) is 1.60. The summed E-state index contributed by atoms with van der Waals surface area (Å²) in [6.07, 6.45) is 0. The van der Waals surface area contributed by atoms with E-state index in [1.54, 1.807) is 25.3 Å². The molecule has 4 aromatic rings. The summed E-state index contributed by atoms with van der Waals surface area (Å²) in [6.45, 7) is 6.73. The number of aliphatic hydroxyl groups is 1. The molecule has 0 radical (unpaired) electrons. The van der Waals surface area contributed by atoms with E-state index in [4.69, 9.17) is 9.47 Å². The first-order valence-electron chi connectivity index (χ1n) is 14.1. The summed E-state index contributed by atoms with van der Waals surface area (Å²) in [4.78, 5) is 28.5. The molecule has 6 heteroatoms. The van der Waals surface area contributed by atoms with Gasteiger partial charge in [-0.1, -0.05) is 80.6 Å². The predicted octanol–water partition coefficient (Wildman–Crippen LogP) is 7.33. The average Bonchev–Trinajstić information content (AvgIpc) is 3.26. The van der Waals surface area contributed by atoms with Crippen molar-refractivity contribution in [3.8, 4) is 11.5 Å². The van der Waals surface area contributed by atoms with Gasteiger partial charge in [0.1, 0.15) is 23.9 Å². The van der Waals surface area contributed by atoms with Crippen molar-refractivity contribution in [1.82, 2.24) is 4.90 Å². The van der Waals surface area contributed by atoms with Crippen molar-refractivity contribution in [2.24, 2.45) is 0 Å². The molecule has 1 unspecified atom stereocenters. The van der Waals surface area contributed by atoms with E-state index in [0.29, 0.717) is 29.6 Å². The number of Topliss-reactive ketones (excluding diaryl/α,β-unsaturated/α-hetero) is 1. The molecular weight excluding hydrogens is 526 g/mol. The maximum absolute atomic E-state index is 13.5. The molecule has 4 aromatic carbocycles. The predicted molar refractivity (Wildman–Crippen MR) is 163 cm³/mol. The zero-order valence-electron chi connectivity index (χ0n) is 24.3. The molecule has 5 rings (SSSR count). The lowest BCUT2D eigenvalue weighted by atomic mass is 9.92. The maximum atomic E-state index is 13.5. The van der Waals surface area contributed by atoms with Gasteiger partial charge in [0.15, 0.2) is 0 Å². The number of likely N-dealkylation sites (tertiary alicyclic amines) is 1. The molecule has 42 heavy (non-hydrogen) atoms. The van der Waals surface area contributed by atoms with Gasteiger partial charge >= 0.3 is 0 Å². The van der Waals surface area contributed by atoms with Gasteiger partial charge in [-0.2, -0.15) is 0 Å². The lowest BCUT2D eigenvalue weighted by Crippen LogP contribution is -2.29. The fourth-order valence-electron chi connectivity index (χ4n) is 5.23. The van der Waals surface area contributed by atoms with E-state index < -0.39 is 17.7 Å². The highest BCUT2D eigenvalue weighted by atomic mass is 16.5. The van der Waals surface area contributed by atoms with E-state index >= 15 is 0 Å². The second-order valence-corrected chi connectivity index (χ2v) is 10.9. The minimum absolute atomic E-state index is 0.0724. The first kappa shape index (κ1) is 28.7. The van der Waals surface area contributed by atoms with Gasteiger partial charge in [-0.25, -0.2) is 0 Å². The molecule has 6 nitrogen and oxygen atoms in total. The van der Waals surface area contributed by atoms with Crippen LogP contribution in [0, 0.1) is 6.92 Å². The zero-order valence-corrected chi connectivity index (χ0v) is 24.3. The molecule has 0 aromatic heterocycles. The van der Waals surface area contributed by atoms with Gasteiger partial charge in [-0.15, -0.1) is 0 Å². The second-order valence-electron chi connectivity index (χ2n) is 10.9. The van der Waals surface area contributed by atoms with Crippen LogP contribution in [-0.2, 0) is 22.7 Å². The summed E-state index contributed by atoms with van der Waals surface area (Å²) < 4.78 is 11.3. The molecule has 0 aliphatic carbocycles. The van der Waals surface area contributed by atoms with Gasteiger partial charge in [0.2, 0.25) is 0 Å². The van der Waals surface area contributed by atoms with Gasteiger partial charge in [0.05, 0.1) is 18.7 Å². The Labute approximate surface area is 246 Å². The van der Waals surface area contributed by atoms with Gasteiger partial charge in [-0.05, 0) is 71.0 Å². The van der Waals surface area contributed by atoms with Gasteiger partial charge < -0.3 is 19.5 Å². The van der Waals surface area contributed by atoms with E-state index in [1.807, 2.05) is 85.8 Å². The van der Waals surface area contributed by atoms with Gasteiger partial charge in [-0.3, -0.25) is 9.59 Å². The fourth-order valence-corrected chi connectivity index (χ4v) is 5.23. The molecule has 1 saturated heterocycles. The summed E-state index contributed by atoms with van der Waals surface area (Å²) in [5.41, 5.74) is 5.12. The molecule has 1 amide bonds. The Bertz CT molecular complexity index is 1610. The number of rotatable bonds is 9. The normalized spacial score (nSPS) is 16.2. The smallest absolute Gasteiger partial charge is 0.295 e. The number of carbonyl (C=O) groups excluding carboxylic acids is 2. The van der Waals surface area contributed by atoms with E-state index in [9.17, 15) is 14.7 Å². The molecule has 1 aliphatic heterocycles. The Morgan fingerprint density at radius 1 is 0.881 bits per heavy atom. The average molecular weight is 562 g/mol. The second kappa shape index (κ2) is 12.4. The van der Waals surface area contributed by atoms with Crippen molar-refractivity contribution in [3.63, 3.8) is 0 Å². The highest BCUT2D eigenvalue weighted by Gasteiger charge is 2.46. The van der Waals surface area contributed by atoms with Crippen molar-refractivity contribution in [2.75, 3.05) is 7.11 Å². The molecule has 0 bridgehead atoms. The van der Waals surface area contributed by atoms with Crippen LogP contribution >= 0.6 is 0 Å². The molecule has 0 saturated carbocycles. The number of carbonyl (C=O) groups is 2. The quantitative estimate of drug-likeness (QED) is 0.132. The first-order valence-corrected chi connectivity index (χ1v) is 14.1. The molecule has 214 valence electrons. The monoisotopic (exact) mass is 561 g/mol. The highest BCUT2D eigenvalue weighted by molar-refractivity contribution is 6.46. The summed E-state index contributed by atoms with van der Waals surface area (Å²) in [6, 6.07) is 29.7. The topological polar surface area (TPSA) is 76.1 Å². The zero-order chi connectivity index (χ0) is 29.8. The Morgan fingerprint density at radius 2 is 1.57 bits per heavy atom. The van der Waals surface area contributed by atoms with E-state index in [0.717, 1.165) is 27.8 Å². The van der Waals surface area contributed by atoms with Crippen LogP contribution in [0.15, 0.2) is 103 Å². The number of hydrogen-bond acceptors (Lipinski definition) is 5. The van der Waals surface area contributed by atoms with Crippen molar-refractivity contribution >= 4 is 17.4 Å². The van der Waals surface area contributed by atoms with Crippen LogP contribution in [0.2, 0.25) is 0 Å². The van der Waals surface area contributed by atoms with Crippen LogP contribution in [0.5, 0.6) is 11.5 Å². The van der Waals surface area contributed by atoms with Crippen molar-refractivity contribution in [2.45, 2.75) is 45.9 Å². The number of benzene rings is 4. The molecule has 1 fully saturated rings. The molecule has 1 heterocycles. The van der Waals surface area contributed by atoms with Crippen LogP contribution in [-0.4, -0.2) is 28.8 Å². The minimum Gasteiger partial charge on any atom is -0.507 e. The molecular formula is C36H35NO5. The SMILES string of the molecule is COc1ccc(CN2C(=O)C(=O)/C(=C(\O)c3ccc(OCc4ccccc4)c(C)c3)C2c2ccc(C(C)C)cc2)cc1. The van der Waals surface area contributed by atoms with Crippen molar-refractivity contribution in [3.05, 3.63) is 136 Å². The van der Waals surface area contributed by atoms with Crippen LogP contribution in [0.4, 0.5) is 0 Å². The third-order valence-electron chi connectivity index (χ3n) is 7.66. The number of nitrogens with zero attached hydrogens (tertiary/aromatic N) is 1. The first-order chi connectivity index (χ1) is 20.3. The van der Waals surface area contributed by atoms with E-state index in [1.165, 1.54) is 4.90 Å². The Morgan fingerprint density at radius 3 is 2.19 bits per heavy atom. The third kappa shape index (κ3) is 5.93. The standard InChI is InChI=1S/C36H35NO5/c1-23(2)27-12-14-28(15-13-27)33-32(35(39)36(40)37(33)21-25-10-17-30(41-4)18-11-25)34(38)29-16-19-31(24(3)20-29)42-22-26-8-6-5-7-9-26/h5-20,23,33,38H,21-22H2,1-4H3/b34-32-. The Balaban J connectivity index is 1.52. The summed E-state index contributed by atoms with van der Waals surface area (Å²) >= 11 is 0. The van der Waals surface area contributed by atoms with E-state index in [2.05, 4.69) is 13.8 Å². The fraction of sp³-hybridized carbons (Fsp3) is 0.222. The van der Waals surface area contributed by atoms with Crippen LogP contribution in [0.3, 0.4) is 0 Å². The Kier molecular flexibility index (Phi) is 8.43. The number of ether oxygens (including phenoxy) is 2. The van der Waals surface area contributed by atoms with Crippen molar-refractivity contribution in [1.29, 1.82) is 0 Å². The lowest BCUT2D eigenvalue weighted by molar-refractivity contribution is -0.140. The number of hydrogen-bond donors (Lipinski definition) is 1.